The van der Waals surface area contributed by atoms with Crippen molar-refractivity contribution in [2.45, 2.75) is 25.9 Å². The highest BCUT2D eigenvalue weighted by molar-refractivity contribution is 4.93. The standard InChI is InChI=1S/C10H19N5/c1-8(11)9-3-4-15(5-9)7-10-6-14(2)13-12-10/h6,8-9H,3-5,7,11H2,1-2H3. The molecular weight excluding hydrogens is 190 g/mol. The summed E-state index contributed by atoms with van der Waals surface area (Å²) in [4.78, 5) is 2.40. The Kier molecular flexibility index (Phi) is 3.02. The Morgan fingerprint density at radius 1 is 1.67 bits per heavy atom. The normalized spacial score (nSPS) is 24.6. The maximum atomic E-state index is 5.90. The molecule has 0 radical (unpaired) electrons. The summed E-state index contributed by atoms with van der Waals surface area (Å²) >= 11 is 0. The van der Waals surface area contributed by atoms with Crippen LogP contribution >= 0.6 is 0 Å². The van der Waals surface area contributed by atoms with Crippen molar-refractivity contribution in [3.05, 3.63) is 11.9 Å². The Morgan fingerprint density at radius 2 is 2.47 bits per heavy atom. The maximum absolute atomic E-state index is 5.90. The molecule has 2 atom stereocenters. The van der Waals surface area contributed by atoms with Gasteiger partial charge in [-0.1, -0.05) is 5.21 Å². The summed E-state index contributed by atoms with van der Waals surface area (Å²) in [6.07, 6.45) is 3.18. The molecule has 84 valence electrons. The summed E-state index contributed by atoms with van der Waals surface area (Å²) in [6.45, 7) is 5.21. The first-order valence-electron chi connectivity index (χ1n) is 5.48. The van der Waals surface area contributed by atoms with E-state index in [2.05, 4.69) is 22.1 Å². The number of aryl methyl sites for hydroxylation is 1. The second kappa shape index (κ2) is 4.28. The largest absolute Gasteiger partial charge is 0.328 e. The molecule has 0 amide bonds. The summed E-state index contributed by atoms with van der Waals surface area (Å²) < 4.78 is 1.74. The van der Waals surface area contributed by atoms with E-state index in [0.717, 1.165) is 25.3 Å². The minimum absolute atomic E-state index is 0.303. The van der Waals surface area contributed by atoms with Gasteiger partial charge in [0.15, 0.2) is 0 Å². The van der Waals surface area contributed by atoms with Crippen molar-refractivity contribution in [1.82, 2.24) is 19.9 Å². The smallest absolute Gasteiger partial charge is 0.0967 e. The first-order chi connectivity index (χ1) is 7.15. The average Bonchev–Trinajstić information content (AvgIpc) is 2.76. The molecule has 1 aliphatic heterocycles. The van der Waals surface area contributed by atoms with Gasteiger partial charge < -0.3 is 5.73 Å². The number of hydrogen-bond donors (Lipinski definition) is 1. The fourth-order valence-electron chi connectivity index (χ4n) is 2.13. The van der Waals surface area contributed by atoms with Gasteiger partial charge >= 0.3 is 0 Å². The Morgan fingerprint density at radius 3 is 3.00 bits per heavy atom. The summed E-state index contributed by atoms with van der Waals surface area (Å²) in [5, 5.41) is 8.02. The molecule has 5 heteroatoms. The lowest BCUT2D eigenvalue weighted by Gasteiger charge is -2.16. The summed E-state index contributed by atoms with van der Waals surface area (Å²) in [5.41, 5.74) is 6.94. The Balaban J connectivity index is 1.87. The molecule has 1 aromatic rings. The van der Waals surface area contributed by atoms with Crippen molar-refractivity contribution in [2.24, 2.45) is 18.7 Å². The van der Waals surface area contributed by atoms with Crippen LogP contribution in [0.3, 0.4) is 0 Å². The monoisotopic (exact) mass is 209 g/mol. The molecule has 2 N–H and O–H groups in total. The van der Waals surface area contributed by atoms with Crippen LogP contribution in [-0.2, 0) is 13.6 Å². The van der Waals surface area contributed by atoms with Gasteiger partial charge in [0.1, 0.15) is 0 Å². The molecule has 0 bridgehead atoms. The SMILES string of the molecule is CC(N)C1CCN(Cc2cn(C)nn2)C1. The summed E-state index contributed by atoms with van der Waals surface area (Å²) in [7, 11) is 1.89. The minimum atomic E-state index is 0.303. The van der Waals surface area contributed by atoms with Gasteiger partial charge in [-0.3, -0.25) is 9.58 Å². The van der Waals surface area contributed by atoms with Gasteiger partial charge in [-0.15, -0.1) is 5.10 Å². The lowest BCUT2D eigenvalue weighted by atomic mass is 10.0. The van der Waals surface area contributed by atoms with Crippen molar-refractivity contribution in [3.8, 4) is 0 Å². The molecule has 0 aromatic carbocycles. The third kappa shape index (κ3) is 2.54. The predicted octanol–water partition coefficient (Wildman–Crippen LogP) is -0.0158. The molecule has 2 rings (SSSR count). The van der Waals surface area contributed by atoms with Gasteiger partial charge in [-0.05, 0) is 25.8 Å². The molecule has 0 spiro atoms. The zero-order chi connectivity index (χ0) is 10.8. The van der Waals surface area contributed by atoms with Gasteiger partial charge in [0.05, 0.1) is 5.69 Å². The van der Waals surface area contributed by atoms with E-state index in [0.29, 0.717) is 12.0 Å². The van der Waals surface area contributed by atoms with Crippen molar-refractivity contribution in [1.29, 1.82) is 0 Å². The second-order valence-electron chi connectivity index (χ2n) is 4.53. The molecule has 5 nitrogen and oxygen atoms in total. The number of nitrogens with two attached hydrogens (primary N) is 1. The molecule has 1 aliphatic rings. The van der Waals surface area contributed by atoms with Gasteiger partial charge in [0.25, 0.3) is 0 Å². The third-order valence-electron chi connectivity index (χ3n) is 3.09. The highest BCUT2D eigenvalue weighted by Gasteiger charge is 2.25. The van der Waals surface area contributed by atoms with Crippen LogP contribution in [0.1, 0.15) is 19.0 Å². The van der Waals surface area contributed by atoms with Crippen molar-refractivity contribution < 1.29 is 0 Å². The molecule has 1 fully saturated rings. The fourth-order valence-corrected chi connectivity index (χ4v) is 2.13. The van der Waals surface area contributed by atoms with E-state index in [1.54, 1.807) is 4.68 Å². The van der Waals surface area contributed by atoms with E-state index >= 15 is 0 Å². The highest BCUT2D eigenvalue weighted by atomic mass is 15.4. The molecular formula is C10H19N5. The van der Waals surface area contributed by atoms with Crippen molar-refractivity contribution in [3.63, 3.8) is 0 Å². The van der Waals surface area contributed by atoms with Crippen LogP contribution in [0.15, 0.2) is 6.20 Å². The van der Waals surface area contributed by atoms with E-state index < -0.39 is 0 Å². The van der Waals surface area contributed by atoms with Crippen LogP contribution in [0, 0.1) is 5.92 Å². The maximum Gasteiger partial charge on any atom is 0.0967 e. The van der Waals surface area contributed by atoms with Gasteiger partial charge in [0.2, 0.25) is 0 Å². The van der Waals surface area contributed by atoms with Crippen LogP contribution in [0.25, 0.3) is 0 Å². The molecule has 0 saturated carbocycles. The quantitative estimate of drug-likeness (QED) is 0.760. The van der Waals surface area contributed by atoms with E-state index in [1.807, 2.05) is 13.2 Å². The lowest BCUT2D eigenvalue weighted by Crippen LogP contribution is -2.29. The van der Waals surface area contributed by atoms with Gasteiger partial charge in [0, 0.05) is 32.4 Å². The lowest BCUT2D eigenvalue weighted by molar-refractivity contribution is 0.305. The minimum Gasteiger partial charge on any atom is -0.328 e. The van der Waals surface area contributed by atoms with Crippen molar-refractivity contribution in [2.75, 3.05) is 13.1 Å². The Hall–Kier alpha value is -0.940. The fraction of sp³-hybridized carbons (Fsp3) is 0.800. The molecule has 15 heavy (non-hydrogen) atoms. The number of hydrogen-bond acceptors (Lipinski definition) is 4. The van der Waals surface area contributed by atoms with Crippen LogP contribution in [0.2, 0.25) is 0 Å². The molecule has 0 aliphatic carbocycles. The van der Waals surface area contributed by atoms with Crippen LogP contribution < -0.4 is 5.73 Å². The Bertz CT molecular complexity index is 319. The van der Waals surface area contributed by atoms with Gasteiger partial charge in [-0.25, -0.2) is 0 Å². The van der Waals surface area contributed by atoms with Crippen molar-refractivity contribution >= 4 is 0 Å². The first-order valence-corrected chi connectivity index (χ1v) is 5.48. The van der Waals surface area contributed by atoms with E-state index in [-0.39, 0.29) is 0 Å². The first kappa shape index (κ1) is 10.6. The highest BCUT2D eigenvalue weighted by Crippen LogP contribution is 2.19. The topological polar surface area (TPSA) is 60.0 Å². The van der Waals surface area contributed by atoms with Crippen LogP contribution in [0.4, 0.5) is 0 Å². The molecule has 1 saturated heterocycles. The second-order valence-corrected chi connectivity index (χ2v) is 4.53. The average molecular weight is 209 g/mol. The molecule has 2 heterocycles. The summed E-state index contributed by atoms with van der Waals surface area (Å²) in [6, 6.07) is 0.303. The Labute approximate surface area is 90.2 Å². The van der Waals surface area contributed by atoms with Crippen LogP contribution in [0.5, 0.6) is 0 Å². The van der Waals surface area contributed by atoms with E-state index in [4.69, 9.17) is 5.73 Å². The number of aromatic nitrogens is 3. The van der Waals surface area contributed by atoms with Crippen LogP contribution in [-0.4, -0.2) is 39.0 Å². The number of nitrogens with zero attached hydrogens (tertiary/aromatic N) is 4. The number of rotatable bonds is 3. The molecule has 1 aromatic heterocycles. The molecule has 2 unspecified atom stereocenters. The number of likely N-dealkylation sites (tertiary alicyclic amines) is 1. The van der Waals surface area contributed by atoms with E-state index in [9.17, 15) is 0 Å². The summed E-state index contributed by atoms with van der Waals surface area (Å²) in [5.74, 6) is 0.640. The zero-order valence-electron chi connectivity index (χ0n) is 9.43. The van der Waals surface area contributed by atoms with E-state index in [1.165, 1.54) is 6.42 Å². The third-order valence-corrected chi connectivity index (χ3v) is 3.09. The predicted molar refractivity (Wildman–Crippen MR) is 58.0 cm³/mol. The zero-order valence-corrected chi connectivity index (χ0v) is 9.43. The van der Waals surface area contributed by atoms with Gasteiger partial charge in [-0.2, -0.15) is 0 Å².